The molecule has 0 bridgehead atoms. The monoisotopic (exact) mass is 460 g/mol. The van der Waals surface area contributed by atoms with Crippen molar-refractivity contribution in [2.75, 3.05) is 0 Å². The molecule has 160 valence electrons. The lowest BCUT2D eigenvalue weighted by molar-refractivity contribution is 0.272. The molecule has 0 spiro atoms. The van der Waals surface area contributed by atoms with Crippen molar-refractivity contribution in [2.24, 2.45) is 0 Å². The van der Waals surface area contributed by atoms with E-state index in [1.54, 1.807) is 0 Å². The molecule has 0 aromatic rings. The summed E-state index contributed by atoms with van der Waals surface area (Å²) < 4.78 is 35.5. The molecule has 0 fully saturated rings. The highest BCUT2D eigenvalue weighted by Crippen LogP contribution is 2.27. The fraction of sp³-hybridized carbons (Fsp3) is 0. The predicted octanol–water partition coefficient (Wildman–Crippen LogP) is -3.07. The van der Waals surface area contributed by atoms with Crippen LogP contribution in [0.15, 0.2) is 0 Å². The van der Waals surface area contributed by atoms with E-state index in [2.05, 4.69) is 0 Å². The van der Waals surface area contributed by atoms with Crippen LogP contribution in [0.4, 0.5) is 0 Å². The topological polar surface area (TPSA) is 451 Å². The first-order valence-corrected chi connectivity index (χ1v) is 9.39. The molecular weight excluding hydrogens is 436 g/mol. The largest absolute Gasteiger partial charge is 0.466 e. The van der Waals surface area contributed by atoms with Gasteiger partial charge >= 0.3 is 31.3 Å². The molecule has 0 aliphatic heterocycles. The molecule has 0 amide bonds. The van der Waals surface area contributed by atoms with Gasteiger partial charge < -0.3 is 83.3 Å². The van der Waals surface area contributed by atoms with Gasteiger partial charge in [0.1, 0.15) is 0 Å². The smallest absolute Gasteiger partial charge is 0.344 e. The fourth-order valence-electron chi connectivity index (χ4n) is 0. The maximum Gasteiger partial charge on any atom is 0.466 e. The second-order valence-corrected chi connectivity index (χ2v) is 6.16. The summed E-state index contributed by atoms with van der Waals surface area (Å²) in [5.74, 6) is 0. The summed E-state index contributed by atoms with van der Waals surface area (Å²) in [5.41, 5.74) is 0. The molecule has 0 saturated carbocycles. The normalized spacial score (nSPS) is 9.83. The van der Waals surface area contributed by atoms with Gasteiger partial charge in [0.05, 0.1) is 0 Å². The van der Waals surface area contributed by atoms with Crippen molar-refractivity contribution < 1.29 is 77.0 Å². The average Bonchev–Trinajstić information content (AvgIpc) is 1.62. The Hall–Kier alpha value is 0.280. The van der Waals surface area contributed by atoms with Crippen LogP contribution < -0.4 is 24.6 Å². The van der Waals surface area contributed by atoms with Gasteiger partial charge in [-0.3, -0.25) is 0 Å². The van der Waals surface area contributed by atoms with E-state index in [1.807, 2.05) is 0 Å². The van der Waals surface area contributed by atoms with Crippen LogP contribution in [0.2, 0.25) is 0 Å². The lowest BCUT2D eigenvalue weighted by Crippen LogP contribution is -1.66. The van der Waals surface area contributed by atoms with E-state index in [0.717, 1.165) is 0 Å². The van der Waals surface area contributed by atoms with Crippen molar-refractivity contribution >= 4 is 31.3 Å². The minimum atomic E-state index is -4.64. The van der Waals surface area contributed by atoms with Gasteiger partial charge in [-0.2, -0.15) is 0 Å². The Labute approximate surface area is 134 Å². The molecule has 24 N–H and O–H groups in total. The molecule has 0 radical (unpaired) electrons. The third kappa shape index (κ3) is 129000. The van der Waals surface area contributed by atoms with Crippen LogP contribution in [-0.4, -0.2) is 58.7 Å². The van der Waals surface area contributed by atoms with E-state index in [9.17, 15) is 0 Å². The van der Waals surface area contributed by atoms with Crippen molar-refractivity contribution in [3.63, 3.8) is 0 Å². The zero-order chi connectivity index (χ0) is 18.0. The van der Waals surface area contributed by atoms with Gasteiger partial charge in [0.15, 0.2) is 0 Å². The van der Waals surface area contributed by atoms with E-state index in [-0.39, 0.29) is 24.6 Å². The maximum absolute atomic E-state index is 8.88. The van der Waals surface area contributed by atoms with E-state index in [0.29, 0.717) is 0 Å². The summed E-state index contributed by atoms with van der Waals surface area (Å²) in [6.07, 6.45) is 0. The van der Waals surface area contributed by atoms with Gasteiger partial charge in [0, 0.05) is 0 Å². The Kier molecular flexibility index (Phi) is 40.6. The van der Waals surface area contributed by atoms with E-state index in [4.69, 9.17) is 77.0 Å². The van der Waals surface area contributed by atoms with Crippen molar-refractivity contribution in [2.45, 2.75) is 0 Å². The molecule has 20 nitrogen and oxygen atoms in total. The zero-order valence-corrected chi connectivity index (χ0v) is 15.2. The summed E-state index contributed by atoms with van der Waals surface area (Å²) in [7, 11) is -18.6. The minimum Gasteiger partial charge on any atom is -0.344 e. The van der Waals surface area contributed by atoms with Gasteiger partial charge in [0.2, 0.25) is 0 Å². The van der Waals surface area contributed by atoms with Gasteiger partial charge in [-0.25, -0.2) is 18.3 Å². The molecule has 0 atom stereocenters. The molecule has 0 unspecified atom stereocenters. The van der Waals surface area contributed by atoms with Gasteiger partial charge in [-0.1, -0.05) is 0 Å². The second kappa shape index (κ2) is 19.6. The molecule has 0 aliphatic rings. The average molecular weight is 460 g/mol. The van der Waals surface area contributed by atoms with Crippen LogP contribution in [-0.2, 0) is 18.3 Å². The summed E-state index contributed by atoms with van der Waals surface area (Å²) in [5, 5.41) is 0. The highest BCUT2D eigenvalue weighted by molar-refractivity contribution is 7.45. The third-order valence-corrected chi connectivity index (χ3v) is 0. The second-order valence-electron chi connectivity index (χ2n) is 2.05. The Morgan fingerprint density at radius 1 is 0.292 bits per heavy atom. The minimum absolute atomic E-state index is 0. The molecule has 0 heterocycles. The molecule has 24 heteroatoms. The van der Waals surface area contributed by atoms with E-state index >= 15 is 0 Å². The summed E-state index contributed by atoms with van der Waals surface area (Å²) in [6, 6.07) is 0. The van der Waals surface area contributed by atoms with Gasteiger partial charge in [0.25, 0.3) is 0 Å². The van der Waals surface area contributed by atoms with Crippen LogP contribution >= 0.6 is 31.3 Å². The first kappa shape index (κ1) is 49.6. The quantitative estimate of drug-likeness (QED) is 0.159. The molecule has 0 rings (SSSR count). The van der Waals surface area contributed by atoms with Crippen molar-refractivity contribution in [1.29, 1.82) is 0 Å². The Balaban J connectivity index is -0.0000000225. The Morgan fingerprint density at radius 2 is 0.292 bits per heavy atom. The lowest BCUT2D eigenvalue weighted by Gasteiger charge is -1.82. The fourth-order valence-corrected chi connectivity index (χ4v) is 0. The standard InChI is InChI=1S/4H3N.4H3O4P/c;;;;4*1-5(2,3)4/h4*1H3;4*(H3,1,2,3,4). The summed E-state index contributed by atoms with van der Waals surface area (Å²) in [6.45, 7) is 0. The predicted molar refractivity (Wildman–Crippen MR) is 77.1 cm³/mol. The Bertz CT molecular complexity index is 295. The first-order valence-electron chi connectivity index (χ1n) is 3.13. The first-order chi connectivity index (χ1) is 8.00. The number of hydrogen-bond acceptors (Lipinski definition) is 8. The molecule has 0 saturated heterocycles. The van der Waals surface area contributed by atoms with Crippen LogP contribution in [0.25, 0.3) is 0 Å². The maximum atomic E-state index is 8.88. The molecule has 0 aliphatic carbocycles. The zero-order valence-electron chi connectivity index (χ0n) is 11.6. The SMILES string of the molecule is N.N.N.N.O=P(O)(O)O.O=P(O)(O)O.O=P(O)(O)O.O=P(O)(O)O. The molecule has 24 heavy (non-hydrogen) atoms. The highest BCUT2D eigenvalue weighted by atomic mass is 31.2. The van der Waals surface area contributed by atoms with Crippen molar-refractivity contribution in [3.05, 3.63) is 0 Å². The van der Waals surface area contributed by atoms with Crippen LogP contribution in [0, 0.1) is 0 Å². The molecule has 0 aromatic heterocycles. The van der Waals surface area contributed by atoms with E-state index in [1.165, 1.54) is 0 Å². The van der Waals surface area contributed by atoms with Gasteiger partial charge in [-0.05, 0) is 0 Å². The van der Waals surface area contributed by atoms with Crippen LogP contribution in [0.5, 0.6) is 0 Å². The van der Waals surface area contributed by atoms with Crippen molar-refractivity contribution in [3.8, 4) is 0 Å². The van der Waals surface area contributed by atoms with Crippen molar-refractivity contribution in [1.82, 2.24) is 24.6 Å². The van der Waals surface area contributed by atoms with Gasteiger partial charge in [-0.15, -0.1) is 0 Å². The van der Waals surface area contributed by atoms with Crippen LogP contribution in [0.1, 0.15) is 0 Å². The molecule has 0 aromatic carbocycles. The highest BCUT2D eigenvalue weighted by Gasteiger charge is 2.01. The summed E-state index contributed by atoms with van der Waals surface area (Å²) >= 11 is 0. The number of rotatable bonds is 0. The summed E-state index contributed by atoms with van der Waals surface area (Å²) in [4.78, 5) is 86.2. The van der Waals surface area contributed by atoms with E-state index < -0.39 is 31.3 Å². The number of phosphoric acid groups is 4. The molecular formula is H24N4O16P4. The third-order valence-electron chi connectivity index (χ3n) is 0. The Morgan fingerprint density at radius 3 is 0.292 bits per heavy atom. The lowest BCUT2D eigenvalue weighted by atomic mass is 14.0. The number of hydrogen-bond donors (Lipinski definition) is 16. The van der Waals surface area contributed by atoms with Crippen LogP contribution in [0.3, 0.4) is 0 Å².